The third-order valence-corrected chi connectivity index (χ3v) is 14.6. The number of esters is 1. The van der Waals surface area contributed by atoms with Gasteiger partial charge in [-0.1, -0.05) is 60.3 Å². The van der Waals surface area contributed by atoms with Crippen molar-refractivity contribution >= 4 is 27.7 Å². The van der Waals surface area contributed by atoms with Crippen molar-refractivity contribution in [1.29, 1.82) is 0 Å². The van der Waals surface area contributed by atoms with Crippen LogP contribution < -0.4 is 10.6 Å². The van der Waals surface area contributed by atoms with Crippen molar-refractivity contribution in [3.63, 3.8) is 0 Å². The minimum Gasteiger partial charge on any atom is -0.467 e. The van der Waals surface area contributed by atoms with Gasteiger partial charge < -0.3 is 20.3 Å². The Bertz CT molecular complexity index is 1160. The first-order valence-electron chi connectivity index (χ1n) is 16.0. The molecule has 42 heavy (non-hydrogen) atoms. The summed E-state index contributed by atoms with van der Waals surface area (Å²) in [6, 6.07) is -2.01. The normalized spacial score (nSPS) is 34.6. The molecule has 2 N–H and O–H groups in total. The quantitative estimate of drug-likeness (QED) is 0.404. The van der Waals surface area contributed by atoms with Gasteiger partial charge in [-0.15, -0.1) is 0 Å². The molecule has 4 aliphatic rings. The molecule has 0 spiro atoms. The summed E-state index contributed by atoms with van der Waals surface area (Å²) in [5, 5.41) is 6.26. The van der Waals surface area contributed by atoms with Gasteiger partial charge in [-0.2, -0.15) is 0 Å². The maximum Gasteiger partial charge on any atom is 0.328 e. The van der Waals surface area contributed by atoms with Crippen molar-refractivity contribution in [2.75, 3.05) is 19.4 Å². The highest BCUT2D eigenvalue weighted by Crippen LogP contribution is 2.65. The number of carbonyl (C=O) groups excluding carboxylic acids is 3. The van der Waals surface area contributed by atoms with Crippen LogP contribution in [-0.4, -0.2) is 73.0 Å². The zero-order valence-electron chi connectivity index (χ0n) is 27.3. The number of nitrogens with one attached hydrogen (secondary N) is 2. The Morgan fingerprint density at radius 3 is 2.07 bits per heavy atom. The summed E-state index contributed by atoms with van der Waals surface area (Å²) in [6.07, 6.45) is 7.19. The predicted molar refractivity (Wildman–Crippen MR) is 163 cm³/mol. The Balaban J connectivity index is 1.65. The summed E-state index contributed by atoms with van der Waals surface area (Å²) < 4.78 is 31.3. The Morgan fingerprint density at radius 2 is 1.55 bits per heavy atom. The van der Waals surface area contributed by atoms with E-state index in [4.69, 9.17) is 4.74 Å². The van der Waals surface area contributed by atoms with E-state index in [9.17, 15) is 22.8 Å². The largest absolute Gasteiger partial charge is 0.467 e. The van der Waals surface area contributed by atoms with Gasteiger partial charge in [0.05, 0.1) is 23.1 Å². The van der Waals surface area contributed by atoms with E-state index in [2.05, 4.69) is 31.4 Å². The highest BCUT2D eigenvalue weighted by atomic mass is 32.2. The fraction of sp³-hybridized carbons (Fsp3) is 0.906. The van der Waals surface area contributed by atoms with Crippen LogP contribution in [0.2, 0.25) is 0 Å². The predicted octanol–water partition coefficient (Wildman–Crippen LogP) is 4.69. The van der Waals surface area contributed by atoms with Crippen molar-refractivity contribution in [3.05, 3.63) is 0 Å². The number of amides is 3. The van der Waals surface area contributed by atoms with Gasteiger partial charge >= 0.3 is 12.0 Å². The van der Waals surface area contributed by atoms with Gasteiger partial charge in [0.1, 0.15) is 12.1 Å². The van der Waals surface area contributed by atoms with Crippen molar-refractivity contribution in [2.45, 2.75) is 129 Å². The third kappa shape index (κ3) is 5.70. The zero-order chi connectivity index (χ0) is 31.5. The van der Waals surface area contributed by atoms with Gasteiger partial charge in [0.25, 0.3) is 0 Å². The molecule has 10 heteroatoms. The molecule has 1 saturated heterocycles. The van der Waals surface area contributed by atoms with Gasteiger partial charge in [-0.3, -0.25) is 4.79 Å². The van der Waals surface area contributed by atoms with Crippen LogP contribution in [0.4, 0.5) is 4.79 Å². The lowest BCUT2D eigenvalue weighted by Crippen LogP contribution is -2.68. The first kappa shape index (κ1) is 33.1. The van der Waals surface area contributed by atoms with E-state index in [1.165, 1.54) is 7.11 Å². The molecule has 0 aromatic rings. The molecule has 9 nitrogen and oxygen atoms in total. The summed E-state index contributed by atoms with van der Waals surface area (Å²) in [5.74, 6) is -0.653. The number of fused-ring (bicyclic) bond motifs is 1. The number of nitrogens with zero attached hydrogens (tertiary/aromatic N) is 1. The Kier molecular flexibility index (Phi) is 8.86. The van der Waals surface area contributed by atoms with Crippen LogP contribution in [0.1, 0.15) is 107 Å². The number of urea groups is 1. The molecule has 0 aromatic heterocycles. The van der Waals surface area contributed by atoms with Gasteiger partial charge in [-0.05, 0) is 75.0 Å². The van der Waals surface area contributed by atoms with Gasteiger partial charge in [0.15, 0.2) is 9.84 Å². The van der Waals surface area contributed by atoms with E-state index >= 15 is 0 Å². The molecule has 240 valence electrons. The molecule has 7 atom stereocenters. The lowest BCUT2D eigenvalue weighted by molar-refractivity contribution is -0.155. The van der Waals surface area contributed by atoms with Gasteiger partial charge in [0.2, 0.25) is 5.91 Å². The molecule has 4 fully saturated rings. The minimum atomic E-state index is -3.56. The second kappa shape index (κ2) is 11.3. The highest BCUT2D eigenvalue weighted by molar-refractivity contribution is 7.92. The summed E-state index contributed by atoms with van der Waals surface area (Å²) >= 11 is 0. The van der Waals surface area contributed by atoms with Crippen LogP contribution in [0.15, 0.2) is 0 Å². The average molecular weight is 610 g/mol. The van der Waals surface area contributed by atoms with E-state index in [0.717, 1.165) is 51.4 Å². The lowest BCUT2D eigenvalue weighted by Gasteiger charge is -2.49. The van der Waals surface area contributed by atoms with E-state index in [0.29, 0.717) is 6.54 Å². The number of rotatable bonds is 7. The van der Waals surface area contributed by atoms with Crippen molar-refractivity contribution in [2.24, 2.45) is 34.5 Å². The molecule has 1 heterocycles. The minimum absolute atomic E-state index is 0.0388. The van der Waals surface area contributed by atoms with E-state index in [1.807, 2.05) is 13.8 Å². The van der Waals surface area contributed by atoms with Gasteiger partial charge in [0, 0.05) is 12.5 Å². The fourth-order valence-corrected chi connectivity index (χ4v) is 10.2. The number of hydrogen-bond acceptors (Lipinski definition) is 6. The second-order valence-corrected chi connectivity index (χ2v) is 18.5. The Morgan fingerprint density at radius 1 is 0.976 bits per heavy atom. The molecule has 0 bridgehead atoms. The smallest absolute Gasteiger partial charge is 0.328 e. The molecular weight excluding hydrogens is 554 g/mol. The number of piperidine rings is 1. The number of hydrogen-bond donors (Lipinski definition) is 2. The van der Waals surface area contributed by atoms with Crippen LogP contribution >= 0.6 is 0 Å². The monoisotopic (exact) mass is 609 g/mol. The van der Waals surface area contributed by atoms with Crippen LogP contribution in [0.25, 0.3) is 0 Å². The molecule has 1 unspecified atom stereocenters. The number of ether oxygens (including phenoxy) is 1. The average Bonchev–Trinajstić information content (AvgIpc) is 3.21. The Labute approximate surface area is 253 Å². The molecule has 1 aliphatic heterocycles. The standard InChI is InChI=1S/C32H55N3O6S/c1-20-14-13-15-21(2)32(20,19-42(39,40)29(3,4)5)34-28(38)33-25(31(8)16-11-10-12-17-31)26(36)35-18-22-23(30(22,6)7)24(35)27(37)41-9/h20-25H,10-19H2,1-9H3,(H2,33,34,38)/t20-,21+,22-,23-,24-,25+,32?/m0/s1. The zero-order valence-corrected chi connectivity index (χ0v) is 28.2. The van der Waals surface area contributed by atoms with E-state index in [-0.39, 0.29) is 40.7 Å². The summed E-state index contributed by atoms with van der Waals surface area (Å²) in [7, 11) is -2.20. The molecule has 3 aliphatic carbocycles. The van der Waals surface area contributed by atoms with Crippen LogP contribution in [0, 0.1) is 34.5 Å². The molecule has 3 saturated carbocycles. The van der Waals surface area contributed by atoms with Crippen molar-refractivity contribution in [3.8, 4) is 0 Å². The SMILES string of the molecule is COC(=O)[C@@H]1[C@@H]2[C@H](CN1C(=O)[C@@H](NC(=O)NC1(CS(=O)(=O)C(C)(C)C)[C@H](C)CCC[C@@H]1C)C1(C)CCCCC1)C2(C)C. The third-order valence-electron chi connectivity index (χ3n) is 11.9. The number of methoxy groups -OCH3 is 1. The molecule has 3 amide bonds. The molecule has 0 aromatic carbocycles. The first-order valence-corrected chi connectivity index (χ1v) is 17.7. The molecule has 0 radical (unpaired) electrons. The summed E-state index contributed by atoms with van der Waals surface area (Å²) in [6.45, 7) is 15.9. The fourth-order valence-electron chi connectivity index (χ4n) is 8.46. The van der Waals surface area contributed by atoms with Crippen LogP contribution in [0.5, 0.6) is 0 Å². The topological polar surface area (TPSA) is 122 Å². The van der Waals surface area contributed by atoms with Crippen molar-refractivity contribution < 1.29 is 27.5 Å². The molecule has 4 rings (SSSR count). The first-order chi connectivity index (χ1) is 19.3. The highest BCUT2D eigenvalue weighted by Gasteiger charge is 2.70. The maximum atomic E-state index is 14.4. The lowest BCUT2D eigenvalue weighted by atomic mass is 9.68. The van der Waals surface area contributed by atoms with Crippen LogP contribution in [0.3, 0.4) is 0 Å². The van der Waals surface area contributed by atoms with E-state index < -0.39 is 49.6 Å². The Hall–Kier alpha value is -1.84. The van der Waals surface area contributed by atoms with Crippen LogP contribution in [-0.2, 0) is 24.2 Å². The number of sulfone groups is 1. The maximum absolute atomic E-state index is 14.4. The number of likely N-dealkylation sites (tertiary alicyclic amines) is 1. The van der Waals surface area contributed by atoms with Crippen molar-refractivity contribution in [1.82, 2.24) is 15.5 Å². The van der Waals surface area contributed by atoms with Gasteiger partial charge in [-0.25, -0.2) is 18.0 Å². The molecular formula is C32H55N3O6S. The van der Waals surface area contributed by atoms with E-state index in [1.54, 1.807) is 25.7 Å². The summed E-state index contributed by atoms with van der Waals surface area (Å²) in [4.78, 5) is 43.1. The second-order valence-electron chi connectivity index (χ2n) is 15.8. The summed E-state index contributed by atoms with van der Waals surface area (Å²) in [5.41, 5.74) is -1.48. The number of carbonyl (C=O) groups is 3.